The molecule has 1 aromatic carbocycles. The maximum absolute atomic E-state index is 12.5. The fourth-order valence-electron chi connectivity index (χ4n) is 2.92. The number of nitriles is 1. The number of nitrogens with zero attached hydrogens (tertiary/aromatic N) is 1. The third-order valence-electron chi connectivity index (χ3n) is 4.29. The second-order valence-electron chi connectivity index (χ2n) is 6.11. The Morgan fingerprint density at radius 3 is 2.59 bits per heavy atom. The van der Waals surface area contributed by atoms with E-state index >= 15 is 0 Å². The van der Waals surface area contributed by atoms with E-state index in [2.05, 4.69) is 10.8 Å². The molecule has 3 rings (SSSR count). The van der Waals surface area contributed by atoms with Crippen LogP contribution in [0.25, 0.3) is 0 Å². The van der Waals surface area contributed by atoms with Gasteiger partial charge in [0.05, 0.1) is 23.5 Å². The summed E-state index contributed by atoms with van der Waals surface area (Å²) in [6.45, 7) is 0.969. The molecule has 0 bridgehead atoms. The van der Waals surface area contributed by atoms with Crippen molar-refractivity contribution in [3.63, 3.8) is 0 Å². The number of hydrogen-bond donors (Lipinski definition) is 1. The Kier molecular flexibility index (Phi) is 4.48. The topological polar surface area (TPSA) is 79.2 Å². The highest BCUT2D eigenvalue weighted by molar-refractivity contribution is 7.90. The minimum atomic E-state index is -3.28. The lowest BCUT2D eigenvalue weighted by atomic mass is 9.93. The molecule has 22 heavy (non-hydrogen) atoms. The van der Waals surface area contributed by atoms with Gasteiger partial charge in [0, 0.05) is 18.6 Å². The van der Waals surface area contributed by atoms with E-state index < -0.39 is 15.3 Å². The van der Waals surface area contributed by atoms with Crippen molar-refractivity contribution in [1.82, 2.24) is 4.72 Å². The summed E-state index contributed by atoms with van der Waals surface area (Å²) >= 11 is 0. The summed E-state index contributed by atoms with van der Waals surface area (Å²) in [7, 11) is -3.28. The summed E-state index contributed by atoms with van der Waals surface area (Å²) < 4.78 is 33.4. The van der Waals surface area contributed by atoms with E-state index in [1.165, 1.54) is 0 Å². The first kappa shape index (κ1) is 15.5. The molecule has 118 valence electrons. The number of rotatable bonds is 5. The number of nitrogens with one attached hydrogen (secondary N) is 1. The molecule has 1 saturated carbocycles. The second kappa shape index (κ2) is 6.37. The Hall–Kier alpha value is -1.42. The average Bonchev–Trinajstić information content (AvgIpc) is 3.32. The van der Waals surface area contributed by atoms with Gasteiger partial charge in [-0.15, -0.1) is 0 Å². The van der Waals surface area contributed by atoms with Crippen molar-refractivity contribution in [1.29, 1.82) is 5.26 Å². The van der Waals surface area contributed by atoms with Crippen LogP contribution >= 0.6 is 0 Å². The van der Waals surface area contributed by atoms with Gasteiger partial charge in [-0.25, -0.2) is 13.1 Å². The minimum absolute atomic E-state index is 0.0436. The predicted octanol–water partition coefficient (Wildman–Crippen LogP) is 1.59. The Morgan fingerprint density at radius 2 is 1.95 bits per heavy atom. The Labute approximate surface area is 131 Å². The highest BCUT2D eigenvalue weighted by Gasteiger charge is 2.39. The van der Waals surface area contributed by atoms with Gasteiger partial charge in [-0.1, -0.05) is 12.1 Å². The van der Waals surface area contributed by atoms with E-state index in [1.807, 2.05) is 12.1 Å². The molecule has 0 spiro atoms. The molecule has 2 aliphatic rings. The van der Waals surface area contributed by atoms with Crippen LogP contribution < -0.4 is 4.72 Å². The maximum atomic E-state index is 12.5. The molecule has 1 saturated heterocycles. The first-order valence-electron chi connectivity index (χ1n) is 7.66. The van der Waals surface area contributed by atoms with Gasteiger partial charge in [0.2, 0.25) is 10.0 Å². The standard InChI is InChI=1S/C16H20N2O3S/c17-10-13-3-1-12(2-4-13)9-14-11-21-8-7-16(14)22(19,20)18-15-5-6-15/h1-4,14-16,18H,5-9,11H2/t14-,16+/m1/s1. The molecule has 1 aromatic rings. The predicted molar refractivity (Wildman–Crippen MR) is 82.7 cm³/mol. The lowest BCUT2D eigenvalue weighted by molar-refractivity contribution is 0.0570. The zero-order valence-corrected chi connectivity index (χ0v) is 13.2. The van der Waals surface area contributed by atoms with Crippen molar-refractivity contribution in [2.24, 2.45) is 5.92 Å². The summed E-state index contributed by atoms with van der Waals surface area (Å²) in [5.41, 5.74) is 1.66. The summed E-state index contributed by atoms with van der Waals surface area (Å²) in [6.07, 6.45) is 3.09. The van der Waals surface area contributed by atoms with Gasteiger partial charge in [-0.05, 0) is 43.4 Å². The van der Waals surface area contributed by atoms with Crippen LogP contribution in [0.2, 0.25) is 0 Å². The van der Waals surface area contributed by atoms with Gasteiger partial charge < -0.3 is 4.74 Å². The molecule has 2 fully saturated rings. The highest BCUT2D eigenvalue weighted by atomic mass is 32.2. The minimum Gasteiger partial charge on any atom is -0.381 e. The van der Waals surface area contributed by atoms with E-state index in [1.54, 1.807) is 12.1 Å². The Morgan fingerprint density at radius 1 is 1.23 bits per heavy atom. The fraction of sp³-hybridized carbons (Fsp3) is 0.562. The van der Waals surface area contributed by atoms with Crippen molar-refractivity contribution >= 4 is 10.0 Å². The summed E-state index contributed by atoms with van der Waals surface area (Å²) in [4.78, 5) is 0. The summed E-state index contributed by atoms with van der Waals surface area (Å²) in [5, 5.41) is 8.44. The van der Waals surface area contributed by atoms with E-state index in [4.69, 9.17) is 10.00 Å². The van der Waals surface area contributed by atoms with E-state index in [0.717, 1.165) is 18.4 Å². The zero-order chi connectivity index (χ0) is 15.6. The normalized spacial score (nSPS) is 25.6. The second-order valence-corrected chi connectivity index (χ2v) is 8.04. The first-order chi connectivity index (χ1) is 10.6. The van der Waals surface area contributed by atoms with E-state index in [0.29, 0.717) is 31.6 Å². The van der Waals surface area contributed by atoms with E-state index in [9.17, 15) is 8.42 Å². The third kappa shape index (κ3) is 3.67. The monoisotopic (exact) mass is 320 g/mol. The number of sulfonamides is 1. The molecule has 1 aliphatic carbocycles. The van der Waals surface area contributed by atoms with Crippen LogP contribution in [0.3, 0.4) is 0 Å². The third-order valence-corrected chi connectivity index (χ3v) is 6.37. The number of benzene rings is 1. The lowest BCUT2D eigenvalue weighted by Crippen LogP contribution is -2.45. The van der Waals surface area contributed by atoms with Gasteiger partial charge in [0.25, 0.3) is 0 Å². The van der Waals surface area contributed by atoms with Crippen LogP contribution in [0.15, 0.2) is 24.3 Å². The van der Waals surface area contributed by atoms with Gasteiger partial charge in [0.1, 0.15) is 0 Å². The van der Waals surface area contributed by atoms with Crippen LogP contribution in [0.5, 0.6) is 0 Å². The molecule has 1 heterocycles. The quantitative estimate of drug-likeness (QED) is 0.893. The summed E-state index contributed by atoms with van der Waals surface area (Å²) in [5.74, 6) is -0.0436. The van der Waals surface area contributed by atoms with Crippen molar-refractivity contribution < 1.29 is 13.2 Å². The number of hydrogen-bond acceptors (Lipinski definition) is 4. The van der Waals surface area contributed by atoms with Crippen molar-refractivity contribution in [2.45, 2.75) is 37.0 Å². The van der Waals surface area contributed by atoms with Gasteiger partial charge in [0.15, 0.2) is 0 Å². The molecule has 5 nitrogen and oxygen atoms in total. The van der Waals surface area contributed by atoms with Gasteiger partial charge in [-0.2, -0.15) is 5.26 Å². The molecular formula is C16H20N2O3S. The SMILES string of the molecule is N#Cc1ccc(C[C@@H]2COCC[C@@H]2S(=O)(=O)NC2CC2)cc1. The Balaban J connectivity index is 1.72. The van der Waals surface area contributed by atoms with Gasteiger partial charge >= 0.3 is 0 Å². The van der Waals surface area contributed by atoms with Crippen LogP contribution in [-0.2, 0) is 21.2 Å². The maximum Gasteiger partial charge on any atom is 0.215 e. The molecular weight excluding hydrogens is 300 g/mol. The fourth-order valence-corrected chi connectivity index (χ4v) is 4.88. The van der Waals surface area contributed by atoms with Crippen molar-refractivity contribution in [3.8, 4) is 6.07 Å². The molecule has 0 unspecified atom stereocenters. The van der Waals surface area contributed by atoms with Gasteiger partial charge in [-0.3, -0.25) is 0 Å². The molecule has 1 N–H and O–H groups in total. The Bertz CT molecular complexity index is 660. The molecule has 0 amide bonds. The largest absolute Gasteiger partial charge is 0.381 e. The molecule has 1 aliphatic heterocycles. The highest BCUT2D eigenvalue weighted by Crippen LogP contribution is 2.28. The molecule has 0 radical (unpaired) electrons. The smallest absolute Gasteiger partial charge is 0.215 e. The molecule has 6 heteroatoms. The van der Waals surface area contributed by atoms with Crippen LogP contribution in [0.4, 0.5) is 0 Å². The van der Waals surface area contributed by atoms with Crippen LogP contribution in [0.1, 0.15) is 30.4 Å². The number of ether oxygens (including phenoxy) is 1. The van der Waals surface area contributed by atoms with Crippen LogP contribution in [-0.4, -0.2) is 32.9 Å². The van der Waals surface area contributed by atoms with Crippen LogP contribution in [0, 0.1) is 17.2 Å². The van der Waals surface area contributed by atoms with Crippen molar-refractivity contribution in [2.75, 3.05) is 13.2 Å². The lowest BCUT2D eigenvalue weighted by Gasteiger charge is -2.31. The molecule has 2 atom stereocenters. The van der Waals surface area contributed by atoms with Crippen molar-refractivity contribution in [3.05, 3.63) is 35.4 Å². The summed E-state index contributed by atoms with van der Waals surface area (Å²) in [6, 6.07) is 9.56. The first-order valence-corrected chi connectivity index (χ1v) is 9.21. The zero-order valence-electron chi connectivity index (χ0n) is 12.4. The van der Waals surface area contributed by atoms with E-state index in [-0.39, 0.29) is 12.0 Å². The molecule has 0 aromatic heterocycles. The average molecular weight is 320 g/mol.